The molecule has 10 heteroatoms. The zero-order chi connectivity index (χ0) is 16.2. The first-order valence-electron chi connectivity index (χ1n) is 5.38. The van der Waals surface area contributed by atoms with Crippen molar-refractivity contribution in [2.24, 2.45) is 0 Å². The molecule has 10 nitrogen and oxygen atoms in total. The Balaban J connectivity index is 0. The summed E-state index contributed by atoms with van der Waals surface area (Å²) >= 11 is 0. The Labute approximate surface area is 113 Å². The van der Waals surface area contributed by atoms with Crippen LogP contribution in [0.15, 0.2) is 0 Å². The fourth-order valence-electron chi connectivity index (χ4n) is 0.945. The molecule has 0 aromatic carbocycles. The van der Waals surface area contributed by atoms with Crippen LogP contribution in [0, 0.1) is 0 Å². The average molecular weight is 298 g/mol. The van der Waals surface area contributed by atoms with Gasteiger partial charge in [-0.15, -0.1) is 0 Å². The van der Waals surface area contributed by atoms with Gasteiger partial charge in [0, 0.05) is 0 Å². The van der Waals surface area contributed by atoms with Gasteiger partial charge in [0.25, 0.3) is 0 Å². The molecule has 0 heterocycles. The Morgan fingerprint density at radius 3 is 1.40 bits per heavy atom. The van der Waals surface area contributed by atoms with Crippen LogP contribution in [0.4, 0.5) is 0 Å². The van der Waals surface area contributed by atoms with Crippen LogP contribution in [0.25, 0.3) is 0 Å². The molecular formula is C10H18O10. The van der Waals surface area contributed by atoms with Gasteiger partial charge in [0.2, 0.25) is 0 Å². The van der Waals surface area contributed by atoms with Crippen molar-refractivity contribution in [2.45, 2.75) is 18.4 Å². The Morgan fingerprint density at radius 2 is 1.20 bits per heavy atom. The highest BCUT2D eigenvalue weighted by Crippen LogP contribution is 2.15. The Morgan fingerprint density at radius 1 is 0.850 bits per heavy atom. The number of ether oxygens (including phenoxy) is 1. The molecule has 0 fully saturated rings. The summed E-state index contributed by atoms with van der Waals surface area (Å²) in [6.45, 7) is 0.696. The highest BCUT2D eigenvalue weighted by molar-refractivity contribution is 5.88. The normalized spacial score (nSPS) is 10.3. The number of aliphatic hydroxyl groups excluding tert-OH is 2. The molecule has 0 saturated heterocycles. The van der Waals surface area contributed by atoms with Crippen molar-refractivity contribution in [2.75, 3.05) is 26.4 Å². The van der Waals surface area contributed by atoms with Gasteiger partial charge in [0.1, 0.15) is 0 Å². The van der Waals surface area contributed by atoms with E-state index in [1.807, 2.05) is 0 Å². The summed E-state index contributed by atoms with van der Waals surface area (Å²) in [5.41, 5.74) is -2.74. The molecule has 0 aliphatic carbocycles. The molecule has 0 saturated carbocycles. The van der Waals surface area contributed by atoms with Crippen LogP contribution < -0.4 is 0 Å². The van der Waals surface area contributed by atoms with E-state index in [9.17, 15) is 14.4 Å². The van der Waals surface area contributed by atoms with Crippen LogP contribution >= 0.6 is 0 Å². The molecule has 0 unspecified atom stereocenters. The molecule has 0 aromatic heterocycles. The lowest BCUT2D eigenvalue weighted by atomic mass is 9.96. The maximum absolute atomic E-state index is 10.3. The number of aliphatic hydroxyl groups is 3. The zero-order valence-electron chi connectivity index (χ0n) is 10.6. The summed E-state index contributed by atoms with van der Waals surface area (Å²) in [6, 6.07) is 0. The second kappa shape index (κ2) is 11.1. The third kappa shape index (κ3) is 11.3. The van der Waals surface area contributed by atoms with Crippen LogP contribution in [0.3, 0.4) is 0 Å². The molecule has 0 aliphatic rings. The van der Waals surface area contributed by atoms with Crippen molar-refractivity contribution in [3.8, 4) is 0 Å². The van der Waals surface area contributed by atoms with Crippen molar-refractivity contribution < 1.29 is 49.8 Å². The maximum atomic E-state index is 10.3. The third-order valence-electron chi connectivity index (χ3n) is 1.76. The zero-order valence-corrected chi connectivity index (χ0v) is 10.6. The number of carbonyl (C=O) groups is 3. The number of rotatable bonds is 9. The molecule has 118 valence electrons. The van der Waals surface area contributed by atoms with Gasteiger partial charge in [-0.2, -0.15) is 0 Å². The van der Waals surface area contributed by atoms with Crippen molar-refractivity contribution >= 4 is 17.9 Å². The maximum Gasteiger partial charge on any atom is 0.336 e. The molecule has 6 N–H and O–H groups in total. The molecule has 20 heavy (non-hydrogen) atoms. The van der Waals surface area contributed by atoms with E-state index in [2.05, 4.69) is 4.74 Å². The number of hydrogen-bond donors (Lipinski definition) is 6. The van der Waals surface area contributed by atoms with Crippen LogP contribution in [-0.4, -0.2) is 80.6 Å². The highest BCUT2D eigenvalue weighted by atomic mass is 16.5. The lowest BCUT2D eigenvalue weighted by Gasteiger charge is -2.18. The van der Waals surface area contributed by atoms with Crippen LogP contribution in [-0.2, 0) is 19.1 Å². The standard InChI is InChI=1S/C6H8O7.C4H10O3/c7-3(8)1-6(13,5(11)12)2-4(9)10;5-1-3-7-4-2-6/h13H,1-2H2,(H,7,8)(H,9,10)(H,11,12);5-6H,1-4H2. The molecule has 0 aliphatic heterocycles. The van der Waals surface area contributed by atoms with Crippen LogP contribution in [0.2, 0.25) is 0 Å². The van der Waals surface area contributed by atoms with E-state index in [4.69, 9.17) is 30.6 Å². The van der Waals surface area contributed by atoms with Crippen molar-refractivity contribution in [1.29, 1.82) is 0 Å². The van der Waals surface area contributed by atoms with E-state index >= 15 is 0 Å². The van der Waals surface area contributed by atoms with Crippen LogP contribution in [0.5, 0.6) is 0 Å². The van der Waals surface area contributed by atoms with Gasteiger partial charge >= 0.3 is 17.9 Å². The number of carboxylic acid groups (broad SMARTS) is 3. The monoisotopic (exact) mass is 298 g/mol. The highest BCUT2D eigenvalue weighted by Gasteiger charge is 2.40. The Hall–Kier alpha value is -1.75. The molecule has 0 rings (SSSR count). The lowest BCUT2D eigenvalue weighted by molar-refractivity contribution is -0.170. The molecule has 0 atom stereocenters. The summed E-state index contributed by atoms with van der Waals surface area (Å²) < 4.78 is 4.63. The average Bonchev–Trinajstić information content (AvgIpc) is 2.28. The van der Waals surface area contributed by atoms with Crippen molar-refractivity contribution in [1.82, 2.24) is 0 Å². The minimum absolute atomic E-state index is 0.0278. The predicted molar refractivity (Wildman–Crippen MR) is 62.1 cm³/mol. The number of hydrogen-bond acceptors (Lipinski definition) is 7. The second-order valence-electron chi connectivity index (χ2n) is 3.54. The van der Waals surface area contributed by atoms with E-state index in [1.54, 1.807) is 0 Å². The minimum atomic E-state index is -2.74. The van der Waals surface area contributed by atoms with E-state index < -0.39 is 36.4 Å². The molecular weight excluding hydrogens is 280 g/mol. The van der Waals surface area contributed by atoms with Gasteiger partial charge in [-0.3, -0.25) is 9.59 Å². The Kier molecular flexibility index (Phi) is 11.4. The summed E-state index contributed by atoms with van der Waals surface area (Å²) in [5.74, 6) is -5.02. The van der Waals surface area contributed by atoms with E-state index in [-0.39, 0.29) is 13.2 Å². The topological polar surface area (TPSA) is 182 Å². The second-order valence-corrected chi connectivity index (χ2v) is 3.54. The smallest absolute Gasteiger partial charge is 0.336 e. The summed E-state index contributed by atoms with van der Waals surface area (Å²) in [6.07, 6.45) is -2.29. The number of aliphatic carboxylic acids is 3. The van der Waals surface area contributed by atoms with Crippen LogP contribution in [0.1, 0.15) is 12.8 Å². The molecule has 0 bridgehead atoms. The fourth-order valence-corrected chi connectivity index (χ4v) is 0.945. The molecule has 0 spiro atoms. The van der Waals surface area contributed by atoms with Gasteiger partial charge in [-0.05, 0) is 0 Å². The lowest BCUT2D eigenvalue weighted by Crippen LogP contribution is -2.42. The first-order chi connectivity index (χ1) is 9.19. The largest absolute Gasteiger partial charge is 0.481 e. The van der Waals surface area contributed by atoms with Gasteiger partial charge < -0.3 is 35.4 Å². The van der Waals surface area contributed by atoms with Gasteiger partial charge in [-0.25, -0.2) is 4.79 Å². The van der Waals surface area contributed by atoms with Gasteiger partial charge in [0.05, 0.1) is 39.3 Å². The fraction of sp³-hybridized carbons (Fsp3) is 0.700. The minimum Gasteiger partial charge on any atom is -0.481 e. The van der Waals surface area contributed by atoms with Crippen molar-refractivity contribution in [3.05, 3.63) is 0 Å². The van der Waals surface area contributed by atoms with E-state index in [1.165, 1.54) is 0 Å². The molecule has 0 amide bonds. The van der Waals surface area contributed by atoms with Gasteiger partial charge in [-0.1, -0.05) is 0 Å². The first-order valence-corrected chi connectivity index (χ1v) is 5.38. The van der Waals surface area contributed by atoms with Crippen molar-refractivity contribution in [3.63, 3.8) is 0 Å². The van der Waals surface area contributed by atoms with E-state index in [0.29, 0.717) is 13.2 Å². The van der Waals surface area contributed by atoms with E-state index in [0.717, 1.165) is 0 Å². The summed E-state index contributed by atoms with van der Waals surface area (Å²) in [4.78, 5) is 30.5. The summed E-state index contributed by atoms with van der Waals surface area (Å²) in [5, 5.41) is 50.0. The van der Waals surface area contributed by atoms with Gasteiger partial charge in [0.15, 0.2) is 5.60 Å². The third-order valence-corrected chi connectivity index (χ3v) is 1.76. The first kappa shape index (κ1) is 20.6. The predicted octanol–water partition coefficient (Wildman–Crippen LogP) is -2.26. The number of carboxylic acids is 3. The molecule has 0 radical (unpaired) electrons. The summed E-state index contributed by atoms with van der Waals surface area (Å²) in [7, 11) is 0. The molecule has 0 aromatic rings. The Bertz CT molecular complexity index is 293. The SMILES string of the molecule is O=C(O)CC(O)(CC(=O)O)C(=O)O.OCCOCCO. The quantitative estimate of drug-likeness (QED) is 0.254.